The third-order valence-electron chi connectivity index (χ3n) is 5.41. The molecule has 3 N–H and O–H groups in total. The number of fused-ring (bicyclic) bond motifs is 1. The van der Waals surface area contributed by atoms with E-state index in [9.17, 15) is 10.2 Å². The molecular weight excluding hydrogens is 364 g/mol. The van der Waals surface area contributed by atoms with Gasteiger partial charge in [-0.3, -0.25) is 0 Å². The number of hydrogen-bond donors (Lipinski definition) is 3. The topological polar surface area (TPSA) is 81.5 Å². The van der Waals surface area contributed by atoms with Gasteiger partial charge in [0.1, 0.15) is 11.4 Å². The Kier molecular flexibility index (Phi) is 4.56. The van der Waals surface area contributed by atoms with Crippen LogP contribution in [0.1, 0.15) is 25.3 Å². The van der Waals surface area contributed by atoms with E-state index in [2.05, 4.69) is 27.5 Å². The van der Waals surface area contributed by atoms with Crippen molar-refractivity contribution in [1.29, 1.82) is 0 Å². The molecule has 1 fully saturated rings. The SMILES string of the molecule is C#Cc1ccc(-c2nnc(NC3CC(C)(O)C3)c3cc(N(C)C)ccc23)c(O)c1. The Bertz CT molecular complexity index is 1120. The van der Waals surface area contributed by atoms with Gasteiger partial charge in [-0.25, -0.2) is 0 Å². The molecule has 4 rings (SSSR count). The fourth-order valence-electron chi connectivity index (χ4n) is 3.85. The molecule has 6 heteroatoms. The summed E-state index contributed by atoms with van der Waals surface area (Å²) in [5, 5.41) is 34.6. The maximum atomic E-state index is 10.5. The van der Waals surface area contributed by atoms with Crippen molar-refractivity contribution in [3.05, 3.63) is 42.0 Å². The Morgan fingerprint density at radius 2 is 1.90 bits per heavy atom. The summed E-state index contributed by atoms with van der Waals surface area (Å²) in [5.41, 5.74) is 2.19. The summed E-state index contributed by atoms with van der Waals surface area (Å²) in [5.74, 6) is 3.27. The highest BCUT2D eigenvalue weighted by Gasteiger charge is 2.38. The van der Waals surface area contributed by atoms with E-state index < -0.39 is 5.60 Å². The van der Waals surface area contributed by atoms with Gasteiger partial charge in [0.05, 0.1) is 5.60 Å². The van der Waals surface area contributed by atoms with Crippen LogP contribution in [0.15, 0.2) is 36.4 Å². The number of anilines is 2. The van der Waals surface area contributed by atoms with Crippen LogP contribution in [0, 0.1) is 12.3 Å². The minimum Gasteiger partial charge on any atom is -0.507 e. The van der Waals surface area contributed by atoms with Gasteiger partial charge in [-0.05, 0) is 56.2 Å². The number of phenols is 1. The Hall–Kier alpha value is -3.30. The zero-order valence-corrected chi connectivity index (χ0v) is 16.8. The summed E-state index contributed by atoms with van der Waals surface area (Å²) < 4.78 is 0. The first-order valence-electron chi connectivity index (χ1n) is 9.54. The molecular formula is C23H24N4O2. The van der Waals surface area contributed by atoms with Crippen LogP contribution in [0.4, 0.5) is 11.5 Å². The number of aromatic nitrogens is 2. The van der Waals surface area contributed by atoms with Crippen molar-refractivity contribution in [2.75, 3.05) is 24.3 Å². The molecule has 0 unspecified atom stereocenters. The van der Waals surface area contributed by atoms with Gasteiger partial charge in [-0.1, -0.05) is 5.92 Å². The lowest BCUT2D eigenvalue weighted by atomic mass is 9.77. The van der Waals surface area contributed by atoms with Crippen LogP contribution in [0.5, 0.6) is 5.75 Å². The molecule has 0 saturated heterocycles. The van der Waals surface area contributed by atoms with Gasteiger partial charge >= 0.3 is 0 Å². The van der Waals surface area contributed by atoms with E-state index in [1.54, 1.807) is 18.2 Å². The van der Waals surface area contributed by atoms with Crippen molar-refractivity contribution >= 4 is 22.3 Å². The summed E-state index contributed by atoms with van der Waals surface area (Å²) in [6.45, 7) is 1.84. The molecule has 2 aromatic carbocycles. The molecule has 0 spiro atoms. The lowest BCUT2D eigenvalue weighted by Gasteiger charge is -2.41. The molecule has 0 bridgehead atoms. The quantitative estimate of drug-likeness (QED) is 0.595. The zero-order valence-electron chi connectivity index (χ0n) is 16.8. The van der Waals surface area contributed by atoms with E-state index in [1.165, 1.54) is 0 Å². The molecule has 3 aromatic rings. The zero-order chi connectivity index (χ0) is 20.8. The van der Waals surface area contributed by atoms with Crippen LogP contribution >= 0.6 is 0 Å². The van der Waals surface area contributed by atoms with E-state index in [-0.39, 0.29) is 11.8 Å². The van der Waals surface area contributed by atoms with Crippen molar-refractivity contribution in [3.8, 4) is 29.4 Å². The number of nitrogens with one attached hydrogen (secondary N) is 1. The number of aliphatic hydroxyl groups is 1. The van der Waals surface area contributed by atoms with Crippen LogP contribution in [-0.4, -0.2) is 46.1 Å². The number of hydrogen-bond acceptors (Lipinski definition) is 6. The maximum absolute atomic E-state index is 10.5. The standard InChI is InChI=1S/C23H24N4O2/c1-5-14-6-8-18(20(28)10-14)21-17-9-7-16(27(3)4)11-19(17)22(26-25-21)24-15-12-23(2,29)13-15/h1,6-11,15,28-29H,12-13H2,2-4H3,(H,24,26). The first-order chi connectivity index (χ1) is 13.8. The second-order valence-electron chi connectivity index (χ2n) is 8.14. The molecule has 0 aliphatic heterocycles. The van der Waals surface area contributed by atoms with Gasteiger partial charge in [0.15, 0.2) is 5.82 Å². The van der Waals surface area contributed by atoms with E-state index in [1.807, 2.05) is 38.1 Å². The number of rotatable bonds is 4. The van der Waals surface area contributed by atoms with Crippen LogP contribution in [0.25, 0.3) is 22.0 Å². The first-order valence-corrected chi connectivity index (χ1v) is 9.54. The molecule has 29 heavy (non-hydrogen) atoms. The monoisotopic (exact) mass is 388 g/mol. The highest BCUT2D eigenvalue weighted by molar-refractivity contribution is 6.02. The fourth-order valence-corrected chi connectivity index (χ4v) is 3.85. The number of benzene rings is 2. The maximum Gasteiger partial charge on any atom is 0.156 e. The average Bonchev–Trinajstić information content (AvgIpc) is 2.66. The lowest BCUT2D eigenvalue weighted by molar-refractivity contribution is -0.0235. The van der Waals surface area contributed by atoms with E-state index in [4.69, 9.17) is 6.42 Å². The summed E-state index contributed by atoms with van der Waals surface area (Å²) in [4.78, 5) is 2.02. The second-order valence-corrected chi connectivity index (χ2v) is 8.14. The Morgan fingerprint density at radius 3 is 2.52 bits per heavy atom. The first kappa shape index (κ1) is 19.0. The highest BCUT2D eigenvalue weighted by Crippen LogP contribution is 2.39. The third-order valence-corrected chi connectivity index (χ3v) is 5.41. The third kappa shape index (κ3) is 3.57. The van der Waals surface area contributed by atoms with Gasteiger partial charge in [0.25, 0.3) is 0 Å². The molecule has 1 aliphatic rings. The largest absolute Gasteiger partial charge is 0.507 e. The van der Waals surface area contributed by atoms with E-state index >= 15 is 0 Å². The molecule has 0 amide bonds. The van der Waals surface area contributed by atoms with Crippen LogP contribution in [-0.2, 0) is 0 Å². The van der Waals surface area contributed by atoms with Crippen molar-refractivity contribution in [1.82, 2.24) is 10.2 Å². The van der Waals surface area contributed by atoms with Gasteiger partial charge in [-0.2, -0.15) is 0 Å². The Labute approximate surface area is 170 Å². The van der Waals surface area contributed by atoms with E-state index in [0.717, 1.165) is 16.5 Å². The smallest absolute Gasteiger partial charge is 0.156 e. The summed E-state index contributed by atoms with van der Waals surface area (Å²) in [6, 6.07) is 11.3. The predicted octanol–water partition coefficient (Wildman–Crippen LogP) is 3.38. The van der Waals surface area contributed by atoms with Gasteiger partial charge in [-0.15, -0.1) is 16.6 Å². The number of phenolic OH excluding ortho intramolecular Hbond substituents is 1. The van der Waals surface area contributed by atoms with Crippen molar-refractivity contribution in [3.63, 3.8) is 0 Å². The second kappa shape index (κ2) is 6.94. The molecule has 1 heterocycles. The predicted molar refractivity (Wildman–Crippen MR) is 116 cm³/mol. The number of aromatic hydroxyl groups is 1. The van der Waals surface area contributed by atoms with Crippen LogP contribution < -0.4 is 10.2 Å². The number of nitrogens with zero attached hydrogens (tertiary/aromatic N) is 3. The van der Waals surface area contributed by atoms with Gasteiger partial charge in [0.2, 0.25) is 0 Å². The Balaban J connectivity index is 1.83. The summed E-state index contributed by atoms with van der Waals surface area (Å²) in [7, 11) is 3.97. The van der Waals surface area contributed by atoms with Gasteiger partial charge in [0, 0.05) is 47.7 Å². The minimum atomic E-state index is -0.625. The molecule has 1 aromatic heterocycles. The number of terminal acetylenes is 1. The van der Waals surface area contributed by atoms with Crippen molar-refractivity contribution < 1.29 is 10.2 Å². The van der Waals surface area contributed by atoms with Crippen LogP contribution in [0.3, 0.4) is 0 Å². The molecule has 1 saturated carbocycles. The molecule has 0 radical (unpaired) electrons. The van der Waals surface area contributed by atoms with Crippen molar-refractivity contribution in [2.45, 2.75) is 31.4 Å². The molecule has 0 atom stereocenters. The fraction of sp³-hybridized carbons (Fsp3) is 0.304. The van der Waals surface area contributed by atoms with Gasteiger partial charge < -0.3 is 20.4 Å². The van der Waals surface area contributed by atoms with E-state index in [0.29, 0.717) is 35.5 Å². The van der Waals surface area contributed by atoms with Crippen molar-refractivity contribution in [2.24, 2.45) is 0 Å². The highest BCUT2D eigenvalue weighted by atomic mass is 16.3. The molecule has 148 valence electrons. The molecule has 6 nitrogen and oxygen atoms in total. The minimum absolute atomic E-state index is 0.0727. The Morgan fingerprint density at radius 1 is 1.14 bits per heavy atom. The molecule has 1 aliphatic carbocycles. The lowest BCUT2D eigenvalue weighted by Crippen LogP contribution is -2.48. The summed E-state index contributed by atoms with van der Waals surface area (Å²) in [6.07, 6.45) is 6.76. The average molecular weight is 388 g/mol. The van der Waals surface area contributed by atoms with Crippen LogP contribution in [0.2, 0.25) is 0 Å². The summed E-state index contributed by atoms with van der Waals surface area (Å²) >= 11 is 0. The normalized spacial score (nSPS) is 20.7.